The lowest BCUT2D eigenvalue weighted by Gasteiger charge is -2.56. The van der Waals surface area contributed by atoms with Crippen LogP contribution in [0.4, 0.5) is 4.39 Å². The Kier molecular flexibility index (Phi) is 4.76. The fraction of sp³-hybridized carbons (Fsp3) is 1.00. The molecule has 4 fully saturated rings. The fourth-order valence-corrected chi connectivity index (χ4v) is 8.47. The number of halogens is 1. The number of alkyl halides is 1. The van der Waals surface area contributed by atoms with E-state index in [1.807, 2.05) is 0 Å². The predicted molar refractivity (Wildman–Crippen MR) is 99.5 cm³/mol. The minimum atomic E-state index is -0.113. The van der Waals surface area contributed by atoms with Gasteiger partial charge in [0, 0.05) is 0 Å². The van der Waals surface area contributed by atoms with Crippen LogP contribution in [0.3, 0.4) is 0 Å². The number of hydrogen-bond acceptors (Lipinski definition) is 0. The average Bonchev–Trinajstić information content (AvgIpc) is 2.82. The third kappa shape index (κ3) is 2.67. The molecule has 4 saturated carbocycles. The highest BCUT2D eigenvalue weighted by Gasteiger charge is 2.58. The van der Waals surface area contributed by atoms with Gasteiger partial charge in [-0.1, -0.05) is 27.2 Å². The molecule has 1 heteroatoms. The molecule has 24 heavy (non-hydrogen) atoms. The Balaban J connectivity index is 1.52. The van der Waals surface area contributed by atoms with Gasteiger partial charge in [0.2, 0.25) is 0 Å². The summed E-state index contributed by atoms with van der Waals surface area (Å²) >= 11 is 0. The van der Waals surface area contributed by atoms with Gasteiger partial charge in [-0.15, -0.1) is 0 Å². The van der Waals surface area contributed by atoms with Crippen LogP contribution in [0.25, 0.3) is 0 Å². The van der Waals surface area contributed by atoms with Gasteiger partial charge in [-0.25, -0.2) is 0 Å². The second-order valence-corrected chi connectivity index (χ2v) is 10.5. The van der Waals surface area contributed by atoms with Gasteiger partial charge in [0.1, 0.15) is 0 Å². The SMILES string of the molecule is CC1CCC2C(CCC3C2CCC2(C)C3C[C@@H](C)C2CCCF)C1. The van der Waals surface area contributed by atoms with Crippen LogP contribution in [-0.2, 0) is 0 Å². The molecule has 0 saturated heterocycles. The summed E-state index contributed by atoms with van der Waals surface area (Å²) in [5.41, 5.74) is 0.532. The van der Waals surface area contributed by atoms with Gasteiger partial charge < -0.3 is 0 Å². The first-order valence-corrected chi connectivity index (χ1v) is 11.1. The molecular weight excluding hydrogens is 295 g/mol. The van der Waals surface area contributed by atoms with Crippen molar-refractivity contribution in [2.75, 3.05) is 6.67 Å². The van der Waals surface area contributed by atoms with E-state index in [4.69, 9.17) is 0 Å². The molecule has 4 rings (SSSR count). The van der Waals surface area contributed by atoms with Crippen molar-refractivity contribution in [3.8, 4) is 0 Å². The van der Waals surface area contributed by atoms with Crippen LogP contribution in [0.2, 0.25) is 0 Å². The monoisotopic (exact) mass is 334 g/mol. The Hall–Kier alpha value is -0.0700. The van der Waals surface area contributed by atoms with Gasteiger partial charge >= 0.3 is 0 Å². The first-order valence-electron chi connectivity index (χ1n) is 11.1. The zero-order valence-corrected chi connectivity index (χ0v) is 16.3. The molecule has 0 N–H and O–H groups in total. The van der Waals surface area contributed by atoms with Crippen molar-refractivity contribution in [1.82, 2.24) is 0 Å². The molecule has 4 aliphatic rings. The van der Waals surface area contributed by atoms with E-state index < -0.39 is 0 Å². The summed E-state index contributed by atoms with van der Waals surface area (Å²) in [7, 11) is 0. The van der Waals surface area contributed by atoms with Gasteiger partial charge in [-0.2, -0.15) is 0 Å². The lowest BCUT2D eigenvalue weighted by molar-refractivity contribution is -0.0685. The highest BCUT2D eigenvalue weighted by atomic mass is 19.1. The lowest BCUT2D eigenvalue weighted by atomic mass is 9.49. The highest BCUT2D eigenvalue weighted by Crippen LogP contribution is 2.66. The second kappa shape index (κ2) is 6.58. The summed E-state index contributed by atoms with van der Waals surface area (Å²) in [6.07, 6.45) is 13.9. The third-order valence-electron chi connectivity index (χ3n) is 9.46. The molecule has 0 amide bonds. The smallest absolute Gasteiger partial charge is 0.0894 e. The van der Waals surface area contributed by atoms with E-state index in [1.165, 1.54) is 51.4 Å². The molecular formula is C23H39F. The van der Waals surface area contributed by atoms with Crippen LogP contribution < -0.4 is 0 Å². The summed E-state index contributed by atoms with van der Waals surface area (Å²) < 4.78 is 12.8. The zero-order chi connectivity index (χ0) is 16.9. The van der Waals surface area contributed by atoms with Crippen LogP contribution in [0, 0.1) is 52.8 Å². The van der Waals surface area contributed by atoms with Crippen molar-refractivity contribution in [3.05, 3.63) is 0 Å². The quantitative estimate of drug-likeness (QED) is 0.527. The molecule has 0 nitrogen and oxygen atoms in total. The van der Waals surface area contributed by atoms with E-state index in [1.54, 1.807) is 0 Å². The van der Waals surface area contributed by atoms with E-state index in [2.05, 4.69) is 20.8 Å². The largest absolute Gasteiger partial charge is 0.251 e. The highest BCUT2D eigenvalue weighted by molar-refractivity contribution is 5.07. The van der Waals surface area contributed by atoms with E-state index >= 15 is 0 Å². The number of hydrogen-bond donors (Lipinski definition) is 0. The van der Waals surface area contributed by atoms with Crippen molar-refractivity contribution >= 4 is 0 Å². The topological polar surface area (TPSA) is 0 Å². The Morgan fingerprint density at radius 2 is 1.71 bits per heavy atom. The molecule has 0 aromatic rings. The Labute approximate surface area is 149 Å². The molecule has 0 aliphatic heterocycles. The van der Waals surface area contributed by atoms with Crippen molar-refractivity contribution in [3.63, 3.8) is 0 Å². The number of rotatable bonds is 3. The van der Waals surface area contributed by atoms with Gasteiger partial charge in [-0.05, 0) is 111 Å². The molecule has 0 aromatic heterocycles. The Morgan fingerprint density at radius 3 is 2.50 bits per heavy atom. The molecule has 138 valence electrons. The van der Waals surface area contributed by atoms with Gasteiger partial charge in [0.15, 0.2) is 0 Å². The van der Waals surface area contributed by atoms with Gasteiger partial charge in [-0.3, -0.25) is 4.39 Å². The summed E-state index contributed by atoms with van der Waals surface area (Å²) in [6, 6.07) is 0. The standard InChI is InChI=1S/C23H39F/c1-15-6-8-18-17(13-15)7-9-20-19(18)10-11-23(3)21(5-4-12-24)16(2)14-22(20)23/h15-22H,4-14H2,1-3H3/t15?,16-,17?,18?,19?,20?,21?,22?,23?/m1/s1. The first kappa shape index (κ1) is 17.3. The predicted octanol–water partition coefficient (Wildman–Crippen LogP) is 6.89. The van der Waals surface area contributed by atoms with Crippen LogP contribution >= 0.6 is 0 Å². The van der Waals surface area contributed by atoms with E-state index in [9.17, 15) is 4.39 Å². The van der Waals surface area contributed by atoms with E-state index in [0.717, 1.165) is 60.2 Å². The minimum Gasteiger partial charge on any atom is -0.251 e. The molecule has 0 heterocycles. The summed E-state index contributed by atoms with van der Waals surface area (Å²) in [5, 5.41) is 0. The molecule has 9 atom stereocenters. The third-order valence-corrected chi connectivity index (χ3v) is 9.46. The Morgan fingerprint density at radius 1 is 0.917 bits per heavy atom. The van der Waals surface area contributed by atoms with E-state index in [-0.39, 0.29) is 6.67 Å². The molecule has 0 radical (unpaired) electrons. The zero-order valence-electron chi connectivity index (χ0n) is 16.3. The van der Waals surface area contributed by atoms with Crippen molar-refractivity contribution in [2.45, 2.75) is 85.0 Å². The van der Waals surface area contributed by atoms with Crippen LogP contribution in [-0.4, -0.2) is 6.67 Å². The molecule has 0 bridgehead atoms. The van der Waals surface area contributed by atoms with Crippen LogP contribution in [0.1, 0.15) is 85.0 Å². The fourth-order valence-electron chi connectivity index (χ4n) is 8.47. The maximum Gasteiger partial charge on any atom is 0.0894 e. The normalized spacial score (nSPS) is 54.0. The maximum absolute atomic E-state index is 12.8. The first-order chi connectivity index (χ1) is 11.5. The average molecular weight is 335 g/mol. The second-order valence-electron chi connectivity index (χ2n) is 10.5. The summed E-state index contributed by atoms with van der Waals surface area (Å²) in [5.74, 6) is 7.73. The minimum absolute atomic E-state index is 0.113. The van der Waals surface area contributed by atoms with Crippen LogP contribution in [0.15, 0.2) is 0 Å². The molecule has 0 spiro atoms. The van der Waals surface area contributed by atoms with Crippen molar-refractivity contribution in [2.24, 2.45) is 52.8 Å². The van der Waals surface area contributed by atoms with Gasteiger partial charge in [0.05, 0.1) is 6.67 Å². The van der Waals surface area contributed by atoms with Crippen LogP contribution in [0.5, 0.6) is 0 Å². The maximum atomic E-state index is 12.8. The molecule has 8 unspecified atom stereocenters. The summed E-state index contributed by atoms with van der Waals surface area (Å²) in [6.45, 7) is 7.46. The summed E-state index contributed by atoms with van der Waals surface area (Å²) in [4.78, 5) is 0. The number of fused-ring (bicyclic) bond motifs is 5. The molecule has 0 aromatic carbocycles. The van der Waals surface area contributed by atoms with Crippen molar-refractivity contribution in [1.29, 1.82) is 0 Å². The molecule has 4 aliphatic carbocycles. The van der Waals surface area contributed by atoms with Gasteiger partial charge in [0.25, 0.3) is 0 Å². The Bertz CT molecular complexity index is 445. The van der Waals surface area contributed by atoms with E-state index in [0.29, 0.717) is 5.41 Å². The van der Waals surface area contributed by atoms with Crippen molar-refractivity contribution < 1.29 is 4.39 Å². The lowest BCUT2D eigenvalue weighted by Crippen LogP contribution is -2.48.